The van der Waals surface area contributed by atoms with Crippen LogP contribution >= 0.6 is 0 Å². The molecule has 21 heavy (non-hydrogen) atoms. The largest absolute Gasteiger partial charge is 0.359 e. The summed E-state index contributed by atoms with van der Waals surface area (Å²) in [4.78, 5) is 19.4. The van der Waals surface area contributed by atoms with Crippen molar-refractivity contribution in [3.8, 4) is 0 Å². The second-order valence-electron chi connectivity index (χ2n) is 5.91. The summed E-state index contributed by atoms with van der Waals surface area (Å²) >= 11 is 0. The minimum atomic E-state index is -0.403. The molecule has 1 aromatic rings. The third-order valence-corrected chi connectivity index (χ3v) is 3.90. The summed E-state index contributed by atoms with van der Waals surface area (Å²) in [7, 11) is 0. The number of hydrogen-bond acceptors (Lipinski definition) is 6. The Morgan fingerprint density at radius 3 is 2.57 bits per heavy atom. The molecule has 0 aliphatic heterocycles. The first-order chi connectivity index (χ1) is 9.95. The zero-order valence-corrected chi connectivity index (χ0v) is 12.9. The van der Waals surface area contributed by atoms with E-state index < -0.39 is 4.92 Å². The number of nitrogens with zero attached hydrogens (tertiary/aromatic N) is 3. The first-order valence-corrected chi connectivity index (χ1v) is 7.50. The van der Waals surface area contributed by atoms with Crippen LogP contribution in [-0.2, 0) is 0 Å². The predicted octanol–water partition coefficient (Wildman–Crippen LogP) is 3.26. The molecule has 1 aromatic heterocycles. The van der Waals surface area contributed by atoms with Crippen LogP contribution in [0.4, 0.5) is 17.5 Å². The Morgan fingerprint density at radius 2 is 2.00 bits per heavy atom. The molecule has 1 saturated carbocycles. The monoisotopic (exact) mass is 293 g/mol. The Kier molecular flexibility index (Phi) is 4.59. The van der Waals surface area contributed by atoms with Crippen LogP contribution < -0.4 is 10.6 Å². The van der Waals surface area contributed by atoms with Gasteiger partial charge in [0.05, 0.1) is 4.92 Å². The molecule has 1 heterocycles. The lowest BCUT2D eigenvalue weighted by atomic mass is 10.0. The number of rotatable bonds is 6. The number of aromatic nitrogens is 2. The van der Waals surface area contributed by atoms with Crippen molar-refractivity contribution in [2.45, 2.75) is 58.4 Å². The van der Waals surface area contributed by atoms with Crippen LogP contribution in [0.1, 0.15) is 51.6 Å². The van der Waals surface area contributed by atoms with Crippen LogP contribution in [0.3, 0.4) is 0 Å². The van der Waals surface area contributed by atoms with Gasteiger partial charge in [-0.2, -0.15) is 4.98 Å². The van der Waals surface area contributed by atoms with E-state index in [4.69, 9.17) is 0 Å². The van der Waals surface area contributed by atoms with E-state index in [1.165, 1.54) is 0 Å². The fourth-order valence-electron chi connectivity index (χ4n) is 2.75. The molecule has 1 aliphatic carbocycles. The van der Waals surface area contributed by atoms with E-state index in [0.717, 1.165) is 38.6 Å². The molecule has 2 rings (SSSR count). The van der Waals surface area contributed by atoms with Gasteiger partial charge in [-0.25, -0.2) is 4.98 Å². The van der Waals surface area contributed by atoms with Crippen LogP contribution in [0, 0.1) is 17.0 Å². The van der Waals surface area contributed by atoms with Gasteiger partial charge in [0, 0.05) is 12.1 Å². The van der Waals surface area contributed by atoms with E-state index in [1.807, 2.05) is 6.92 Å². The van der Waals surface area contributed by atoms with E-state index >= 15 is 0 Å². The number of nitro groups is 1. The number of nitrogens with one attached hydrogen (secondary N) is 2. The zero-order valence-electron chi connectivity index (χ0n) is 12.9. The van der Waals surface area contributed by atoms with Gasteiger partial charge in [-0.05, 0) is 33.1 Å². The van der Waals surface area contributed by atoms with Crippen LogP contribution in [0.5, 0.6) is 0 Å². The maximum absolute atomic E-state index is 11.3. The lowest BCUT2D eigenvalue weighted by Gasteiger charge is -2.26. The SMILES string of the molecule is CCCNc1nc(C)c([N+](=O)[O-])c(NC2(C)CCCC2)n1. The topological polar surface area (TPSA) is 93.0 Å². The second-order valence-corrected chi connectivity index (χ2v) is 5.91. The average Bonchev–Trinajstić information content (AvgIpc) is 2.81. The molecule has 0 radical (unpaired) electrons. The van der Waals surface area contributed by atoms with E-state index in [0.29, 0.717) is 17.5 Å². The van der Waals surface area contributed by atoms with E-state index in [-0.39, 0.29) is 11.2 Å². The van der Waals surface area contributed by atoms with Crippen LogP contribution in [0.25, 0.3) is 0 Å². The molecule has 0 unspecified atom stereocenters. The molecule has 116 valence electrons. The third kappa shape index (κ3) is 3.59. The number of hydrogen-bond donors (Lipinski definition) is 2. The lowest BCUT2D eigenvalue weighted by Crippen LogP contribution is -2.32. The Balaban J connectivity index is 2.34. The van der Waals surface area contributed by atoms with E-state index in [1.54, 1.807) is 6.92 Å². The van der Waals surface area contributed by atoms with Crippen molar-refractivity contribution in [3.05, 3.63) is 15.8 Å². The fourth-order valence-corrected chi connectivity index (χ4v) is 2.75. The van der Waals surface area contributed by atoms with Gasteiger partial charge in [0.25, 0.3) is 0 Å². The van der Waals surface area contributed by atoms with Gasteiger partial charge in [0.2, 0.25) is 11.8 Å². The molecule has 0 atom stereocenters. The minimum absolute atomic E-state index is 0.0230. The molecule has 0 spiro atoms. The number of aryl methyl sites for hydroxylation is 1. The molecular formula is C14H23N5O2. The normalized spacial score (nSPS) is 16.7. The van der Waals surface area contributed by atoms with Gasteiger partial charge in [-0.3, -0.25) is 10.1 Å². The summed E-state index contributed by atoms with van der Waals surface area (Å²) in [6.45, 7) is 6.54. The van der Waals surface area contributed by atoms with Gasteiger partial charge in [0.1, 0.15) is 5.69 Å². The molecule has 1 aliphatic rings. The van der Waals surface area contributed by atoms with Crippen molar-refractivity contribution in [1.82, 2.24) is 9.97 Å². The van der Waals surface area contributed by atoms with Crippen molar-refractivity contribution in [1.29, 1.82) is 0 Å². The Bertz CT molecular complexity index is 526. The highest BCUT2D eigenvalue weighted by molar-refractivity contribution is 5.62. The first kappa shape index (κ1) is 15.5. The van der Waals surface area contributed by atoms with Gasteiger partial charge >= 0.3 is 5.69 Å². The highest BCUT2D eigenvalue weighted by atomic mass is 16.6. The molecule has 2 N–H and O–H groups in total. The van der Waals surface area contributed by atoms with E-state index in [9.17, 15) is 10.1 Å². The highest BCUT2D eigenvalue weighted by Crippen LogP contribution is 2.36. The summed E-state index contributed by atoms with van der Waals surface area (Å²) in [6, 6.07) is 0. The molecule has 0 amide bonds. The third-order valence-electron chi connectivity index (χ3n) is 3.90. The fraction of sp³-hybridized carbons (Fsp3) is 0.714. The summed E-state index contributed by atoms with van der Waals surface area (Å²) < 4.78 is 0. The molecule has 0 saturated heterocycles. The van der Waals surface area contributed by atoms with Gasteiger partial charge in [-0.1, -0.05) is 19.8 Å². The molecule has 0 aromatic carbocycles. The van der Waals surface area contributed by atoms with Crippen LogP contribution in [0.2, 0.25) is 0 Å². The Morgan fingerprint density at radius 1 is 1.33 bits per heavy atom. The van der Waals surface area contributed by atoms with Gasteiger partial charge in [-0.15, -0.1) is 0 Å². The van der Waals surface area contributed by atoms with Crippen molar-refractivity contribution < 1.29 is 4.92 Å². The average molecular weight is 293 g/mol. The molecular weight excluding hydrogens is 270 g/mol. The van der Waals surface area contributed by atoms with Crippen molar-refractivity contribution >= 4 is 17.5 Å². The lowest BCUT2D eigenvalue weighted by molar-refractivity contribution is -0.385. The summed E-state index contributed by atoms with van der Waals surface area (Å²) in [6.07, 6.45) is 5.24. The molecule has 1 fully saturated rings. The quantitative estimate of drug-likeness (QED) is 0.617. The summed E-state index contributed by atoms with van der Waals surface area (Å²) in [5.41, 5.74) is 0.246. The van der Waals surface area contributed by atoms with Crippen molar-refractivity contribution in [3.63, 3.8) is 0 Å². The maximum Gasteiger partial charge on any atom is 0.332 e. The highest BCUT2D eigenvalue weighted by Gasteiger charge is 2.32. The molecule has 0 bridgehead atoms. The number of anilines is 2. The zero-order chi connectivity index (χ0) is 15.5. The van der Waals surface area contributed by atoms with Crippen molar-refractivity contribution in [2.75, 3.05) is 17.2 Å². The minimum Gasteiger partial charge on any atom is -0.359 e. The molecule has 7 heteroatoms. The van der Waals surface area contributed by atoms with E-state index in [2.05, 4.69) is 27.5 Å². The maximum atomic E-state index is 11.3. The van der Waals surface area contributed by atoms with Gasteiger partial charge < -0.3 is 10.6 Å². The molecule has 7 nitrogen and oxygen atoms in total. The Labute approximate surface area is 124 Å². The standard InChI is InChI=1S/C14H23N5O2/c1-4-9-15-13-16-10(2)11(19(20)21)12(17-13)18-14(3)7-5-6-8-14/h4-9H2,1-3H3,(H2,15,16,17,18). The predicted molar refractivity (Wildman–Crippen MR) is 82.7 cm³/mol. The van der Waals surface area contributed by atoms with Crippen LogP contribution in [0.15, 0.2) is 0 Å². The van der Waals surface area contributed by atoms with Crippen LogP contribution in [-0.4, -0.2) is 27.0 Å². The van der Waals surface area contributed by atoms with Gasteiger partial charge in [0.15, 0.2) is 0 Å². The summed E-state index contributed by atoms with van der Waals surface area (Å²) in [5, 5.41) is 17.7. The first-order valence-electron chi connectivity index (χ1n) is 7.50. The van der Waals surface area contributed by atoms with Crippen molar-refractivity contribution in [2.24, 2.45) is 0 Å². The smallest absolute Gasteiger partial charge is 0.332 e. The Hall–Kier alpha value is -1.92. The second kappa shape index (κ2) is 6.24. The summed E-state index contributed by atoms with van der Waals surface area (Å²) in [5.74, 6) is 0.777.